The fourth-order valence-corrected chi connectivity index (χ4v) is 1.91. The summed E-state index contributed by atoms with van der Waals surface area (Å²) in [5, 5.41) is 3.64. The lowest BCUT2D eigenvalue weighted by atomic mass is 9.92. The quantitative estimate of drug-likeness (QED) is 0.781. The molecule has 1 aliphatic carbocycles. The molecule has 1 fully saturated rings. The average Bonchev–Trinajstić information content (AvgIpc) is 2.16. The third-order valence-corrected chi connectivity index (χ3v) is 2.72. The molecular formula is C10H13ClN2O. The van der Waals surface area contributed by atoms with Gasteiger partial charge in [0.25, 0.3) is 0 Å². The molecule has 0 spiro atoms. The maximum absolute atomic E-state index is 5.88. The van der Waals surface area contributed by atoms with Gasteiger partial charge in [-0.3, -0.25) is 0 Å². The van der Waals surface area contributed by atoms with Crippen LogP contribution < -0.4 is 10.1 Å². The van der Waals surface area contributed by atoms with Crippen LogP contribution in [0.25, 0.3) is 0 Å². The van der Waals surface area contributed by atoms with Gasteiger partial charge in [-0.05, 0) is 18.9 Å². The lowest BCUT2D eigenvalue weighted by molar-refractivity contribution is 0.397. The van der Waals surface area contributed by atoms with Crippen molar-refractivity contribution in [3.05, 3.63) is 18.2 Å². The van der Waals surface area contributed by atoms with E-state index in [4.69, 9.17) is 16.3 Å². The fraction of sp³-hybridized carbons (Fsp3) is 0.500. The number of pyridine rings is 1. The first-order chi connectivity index (χ1) is 6.78. The number of anilines is 1. The van der Waals surface area contributed by atoms with Crippen LogP contribution in [-0.4, -0.2) is 23.5 Å². The number of rotatable bonds is 3. The van der Waals surface area contributed by atoms with Crippen LogP contribution in [0.2, 0.25) is 0 Å². The number of halogens is 1. The maximum atomic E-state index is 5.88. The molecule has 3 nitrogen and oxygen atoms in total. The van der Waals surface area contributed by atoms with Gasteiger partial charge < -0.3 is 10.1 Å². The Hall–Kier alpha value is -0.960. The van der Waals surface area contributed by atoms with Crippen molar-refractivity contribution in [1.29, 1.82) is 0 Å². The fourth-order valence-electron chi connectivity index (χ4n) is 1.48. The largest absolute Gasteiger partial charge is 0.481 e. The number of alkyl halides is 1. The van der Waals surface area contributed by atoms with Crippen LogP contribution in [0.5, 0.6) is 5.88 Å². The second-order valence-electron chi connectivity index (χ2n) is 3.48. The van der Waals surface area contributed by atoms with Crippen LogP contribution in [0.15, 0.2) is 18.2 Å². The molecule has 0 bridgehead atoms. The molecule has 1 aliphatic rings. The number of ether oxygens (including phenoxy) is 1. The van der Waals surface area contributed by atoms with Crippen molar-refractivity contribution in [3.8, 4) is 5.88 Å². The molecule has 0 aromatic carbocycles. The van der Waals surface area contributed by atoms with Gasteiger partial charge in [0.2, 0.25) is 5.88 Å². The zero-order chi connectivity index (χ0) is 9.97. The molecule has 0 amide bonds. The third-order valence-electron chi connectivity index (χ3n) is 2.37. The number of nitrogens with zero attached hydrogens (tertiary/aromatic N) is 1. The second kappa shape index (κ2) is 4.05. The number of methoxy groups -OCH3 is 1. The van der Waals surface area contributed by atoms with Crippen LogP contribution in [-0.2, 0) is 0 Å². The van der Waals surface area contributed by atoms with Crippen molar-refractivity contribution in [2.45, 2.75) is 24.3 Å². The van der Waals surface area contributed by atoms with E-state index in [9.17, 15) is 0 Å². The lowest BCUT2D eigenvalue weighted by Crippen LogP contribution is -2.36. The monoisotopic (exact) mass is 212 g/mol. The molecule has 14 heavy (non-hydrogen) atoms. The number of nitrogens with one attached hydrogen (secondary N) is 1. The molecule has 0 radical (unpaired) electrons. The maximum Gasteiger partial charge on any atom is 0.214 e. The Morgan fingerprint density at radius 1 is 1.50 bits per heavy atom. The Balaban J connectivity index is 1.95. The summed E-state index contributed by atoms with van der Waals surface area (Å²) in [6.07, 6.45) is 2.03. The molecule has 1 saturated carbocycles. The van der Waals surface area contributed by atoms with Crippen molar-refractivity contribution in [3.63, 3.8) is 0 Å². The van der Waals surface area contributed by atoms with Crippen molar-refractivity contribution >= 4 is 17.4 Å². The summed E-state index contributed by atoms with van der Waals surface area (Å²) in [6, 6.07) is 6.16. The van der Waals surface area contributed by atoms with Crippen molar-refractivity contribution < 1.29 is 4.74 Å². The summed E-state index contributed by atoms with van der Waals surface area (Å²) in [7, 11) is 1.62. The Labute approximate surface area is 88.4 Å². The molecule has 0 unspecified atom stereocenters. The first kappa shape index (κ1) is 9.59. The Morgan fingerprint density at radius 3 is 2.93 bits per heavy atom. The highest BCUT2D eigenvalue weighted by atomic mass is 35.5. The molecule has 2 rings (SSSR count). The van der Waals surface area contributed by atoms with Gasteiger partial charge in [0, 0.05) is 17.5 Å². The third kappa shape index (κ3) is 2.10. The van der Waals surface area contributed by atoms with E-state index in [2.05, 4.69) is 10.3 Å². The zero-order valence-corrected chi connectivity index (χ0v) is 8.79. The summed E-state index contributed by atoms with van der Waals surface area (Å²) >= 11 is 5.88. The normalized spacial score (nSPS) is 25.3. The SMILES string of the molecule is COc1cccc(NC2CC(Cl)C2)n1. The van der Waals surface area contributed by atoms with Gasteiger partial charge >= 0.3 is 0 Å². The van der Waals surface area contributed by atoms with Gasteiger partial charge in [-0.25, -0.2) is 0 Å². The van der Waals surface area contributed by atoms with Crippen LogP contribution in [0.4, 0.5) is 5.82 Å². The number of aromatic nitrogens is 1. The Kier molecular flexibility index (Phi) is 2.77. The number of hydrogen-bond acceptors (Lipinski definition) is 3. The molecule has 0 aliphatic heterocycles. The molecule has 1 aromatic rings. The minimum absolute atomic E-state index is 0.332. The van der Waals surface area contributed by atoms with E-state index in [1.54, 1.807) is 7.11 Å². The highest BCUT2D eigenvalue weighted by Crippen LogP contribution is 2.28. The topological polar surface area (TPSA) is 34.1 Å². The summed E-state index contributed by atoms with van der Waals surface area (Å²) in [4.78, 5) is 4.26. The Morgan fingerprint density at radius 2 is 2.29 bits per heavy atom. The summed E-state index contributed by atoms with van der Waals surface area (Å²) in [6.45, 7) is 0. The minimum Gasteiger partial charge on any atom is -0.481 e. The van der Waals surface area contributed by atoms with Crippen molar-refractivity contribution in [2.24, 2.45) is 0 Å². The first-order valence-corrected chi connectivity index (χ1v) is 5.13. The molecule has 0 saturated heterocycles. The molecule has 0 atom stereocenters. The molecule has 1 N–H and O–H groups in total. The van der Waals surface area contributed by atoms with E-state index in [0.29, 0.717) is 17.3 Å². The van der Waals surface area contributed by atoms with Gasteiger partial charge in [-0.15, -0.1) is 11.6 Å². The Bertz CT molecular complexity index is 313. The van der Waals surface area contributed by atoms with Crippen LogP contribution in [0.3, 0.4) is 0 Å². The van der Waals surface area contributed by atoms with Gasteiger partial charge in [0.1, 0.15) is 5.82 Å². The molecular weight excluding hydrogens is 200 g/mol. The highest BCUT2D eigenvalue weighted by molar-refractivity contribution is 6.21. The molecule has 1 heterocycles. The summed E-state index contributed by atoms with van der Waals surface area (Å²) < 4.78 is 5.03. The minimum atomic E-state index is 0.332. The van der Waals surface area contributed by atoms with Gasteiger partial charge in [0.05, 0.1) is 7.11 Å². The van der Waals surface area contributed by atoms with Crippen LogP contribution in [0.1, 0.15) is 12.8 Å². The van der Waals surface area contributed by atoms with E-state index < -0.39 is 0 Å². The van der Waals surface area contributed by atoms with Crippen molar-refractivity contribution in [1.82, 2.24) is 4.98 Å². The van der Waals surface area contributed by atoms with Crippen LogP contribution in [0, 0.1) is 0 Å². The lowest BCUT2D eigenvalue weighted by Gasteiger charge is -2.31. The molecule has 4 heteroatoms. The number of hydrogen-bond donors (Lipinski definition) is 1. The van der Waals surface area contributed by atoms with Gasteiger partial charge in [0.15, 0.2) is 0 Å². The predicted octanol–water partition coefficient (Wildman–Crippen LogP) is 2.27. The highest BCUT2D eigenvalue weighted by Gasteiger charge is 2.27. The average molecular weight is 213 g/mol. The smallest absolute Gasteiger partial charge is 0.214 e. The van der Waals surface area contributed by atoms with Gasteiger partial charge in [-0.2, -0.15) is 4.98 Å². The predicted molar refractivity (Wildman–Crippen MR) is 57.1 cm³/mol. The summed E-state index contributed by atoms with van der Waals surface area (Å²) in [5.74, 6) is 1.50. The first-order valence-electron chi connectivity index (χ1n) is 4.69. The van der Waals surface area contributed by atoms with E-state index >= 15 is 0 Å². The standard InChI is InChI=1S/C10H13ClN2O/c1-14-10-4-2-3-9(13-10)12-8-5-7(11)6-8/h2-4,7-8H,5-6H2,1H3,(H,12,13). The zero-order valence-electron chi connectivity index (χ0n) is 8.03. The summed E-state index contributed by atoms with van der Waals surface area (Å²) in [5.41, 5.74) is 0. The van der Waals surface area contributed by atoms with E-state index in [1.165, 1.54) is 0 Å². The molecule has 1 aromatic heterocycles. The second-order valence-corrected chi connectivity index (χ2v) is 4.09. The van der Waals surface area contributed by atoms with Gasteiger partial charge in [-0.1, -0.05) is 6.07 Å². The van der Waals surface area contributed by atoms with Crippen molar-refractivity contribution in [2.75, 3.05) is 12.4 Å². The molecule has 76 valence electrons. The van der Waals surface area contributed by atoms with Crippen LogP contribution >= 0.6 is 11.6 Å². The van der Waals surface area contributed by atoms with E-state index in [-0.39, 0.29) is 0 Å². The van der Waals surface area contributed by atoms with E-state index in [1.807, 2.05) is 18.2 Å². The van der Waals surface area contributed by atoms with E-state index in [0.717, 1.165) is 18.7 Å².